The van der Waals surface area contributed by atoms with E-state index in [0.717, 1.165) is 16.3 Å². The van der Waals surface area contributed by atoms with Gasteiger partial charge >= 0.3 is 0 Å². The van der Waals surface area contributed by atoms with Gasteiger partial charge in [-0.2, -0.15) is 0 Å². The average Bonchev–Trinajstić information content (AvgIpc) is 2.55. The predicted octanol–water partition coefficient (Wildman–Crippen LogP) is 1.81. The van der Waals surface area contributed by atoms with E-state index in [2.05, 4.69) is 5.16 Å². The largest absolute Gasteiger partial charge is 0.360 e. The third-order valence-electron chi connectivity index (χ3n) is 1.90. The molecular formula is C10H14N2O2S. The molecule has 4 nitrogen and oxygen atoms in total. The molecule has 1 amide bonds. The van der Waals surface area contributed by atoms with E-state index in [1.165, 1.54) is 22.7 Å². The van der Waals surface area contributed by atoms with Crippen LogP contribution in [0.1, 0.15) is 11.3 Å². The number of amides is 1. The second-order valence-electron chi connectivity index (χ2n) is 3.23. The number of aromatic nitrogens is 1. The summed E-state index contributed by atoms with van der Waals surface area (Å²) in [6, 6.07) is 0. The zero-order valence-electron chi connectivity index (χ0n) is 9.27. The Balaban J connectivity index is 2.88. The van der Waals surface area contributed by atoms with Crippen LogP contribution < -0.4 is 0 Å². The Morgan fingerprint density at radius 1 is 1.53 bits per heavy atom. The summed E-state index contributed by atoms with van der Waals surface area (Å²) in [5, 5.41) is 4.67. The summed E-state index contributed by atoms with van der Waals surface area (Å²) in [4.78, 5) is 12.8. The Kier molecular flexibility index (Phi) is 3.96. The van der Waals surface area contributed by atoms with Crippen molar-refractivity contribution in [1.29, 1.82) is 0 Å². The zero-order valence-corrected chi connectivity index (χ0v) is 10.1. The van der Waals surface area contributed by atoms with Gasteiger partial charge in [-0.05, 0) is 19.3 Å². The average molecular weight is 226 g/mol. The molecule has 0 atom stereocenters. The minimum absolute atomic E-state index is 0.0531. The third kappa shape index (κ3) is 2.86. The maximum atomic E-state index is 11.3. The summed E-state index contributed by atoms with van der Waals surface area (Å²) >= 11 is 1.50. The molecule has 0 aliphatic carbocycles. The first kappa shape index (κ1) is 11.8. The highest BCUT2D eigenvalue weighted by Crippen LogP contribution is 2.23. The first-order valence-corrected chi connectivity index (χ1v) is 5.68. The van der Waals surface area contributed by atoms with Crippen molar-refractivity contribution in [1.82, 2.24) is 10.1 Å². The summed E-state index contributed by atoms with van der Waals surface area (Å²) in [6.07, 6.45) is 5.17. The van der Waals surface area contributed by atoms with Gasteiger partial charge in [0.15, 0.2) is 0 Å². The first-order valence-electron chi connectivity index (χ1n) is 4.46. The summed E-state index contributed by atoms with van der Waals surface area (Å²) < 4.78 is 5.03. The van der Waals surface area contributed by atoms with Crippen molar-refractivity contribution in [3.63, 3.8) is 0 Å². The number of carbonyl (C=O) groups is 1. The van der Waals surface area contributed by atoms with Crippen LogP contribution in [0.4, 0.5) is 0 Å². The SMILES string of the molecule is CSc1noc(C)c1C=CC(=O)N(C)C. The zero-order chi connectivity index (χ0) is 11.4. The molecule has 0 aliphatic rings. The molecule has 0 aliphatic heterocycles. The molecule has 0 saturated heterocycles. The molecule has 1 rings (SSSR count). The van der Waals surface area contributed by atoms with Gasteiger partial charge in [-0.1, -0.05) is 5.16 Å². The van der Waals surface area contributed by atoms with Crippen LogP contribution in [-0.4, -0.2) is 36.3 Å². The number of rotatable bonds is 3. The van der Waals surface area contributed by atoms with Crippen molar-refractivity contribution in [2.45, 2.75) is 11.9 Å². The molecule has 15 heavy (non-hydrogen) atoms. The molecule has 0 N–H and O–H groups in total. The highest BCUT2D eigenvalue weighted by Gasteiger charge is 2.09. The van der Waals surface area contributed by atoms with Gasteiger partial charge in [0.1, 0.15) is 10.8 Å². The topological polar surface area (TPSA) is 46.3 Å². The van der Waals surface area contributed by atoms with E-state index in [1.54, 1.807) is 20.2 Å². The van der Waals surface area contributed by atoms with Crippen LogP contribution >= 0.6 is 11.8 Å². The Bertz CT molecular complexity index is 383. The number of thioether (sulfide) groups is 1. The molecule has 0 aromatic carbocycles. The normalized spacial score (nSPS) is 10.9. The summed E-state index contributed by atoms with van der Waals surface area (Å²) in [7, 11) is 3.42. The Morgan fingerprint density at radius 2 is 2.20 bits per heavy atom. The van der Waals surface area contributed by atoms with Crippen LogP contribution in [0.25, 0.3) is 6.08 Å². The maximum absolute atomic E-state index is 11.3. The maximum Gasteiger partial charge on any atom is 0.246 e. The van der Waals surface area contributed by atoms with Crippen LogP contribution in [0.3, 0.4) is 0 Å². The lowest BCUT2D eigenvalue weighted by atomic mass is 10.2. The molecule has 0 spiro atoms. The predicted molar refractivity (Wildman–Crippen MR) is 60.7 cm³/mol. The van der Waals surface area contributed by atoms with Gasteiger partial charge in [0, 0.05) is 20.2 Å². The van der Waals surface area contributed by atoms with Gasteiger partial charge in [0.2, 0.25) is 5.91 Å². The molecule has 1 aromatic rings. The quantitative estimate of drug-likeness (QED) is 0.582. The highest BCUT2D eigenvalue weighted by atomic mass is 32.2. The van der Waals surface area contributed by atoms with E-state index in [0.29, 0.717) is 0 Å². The van der Waals surface area contributed by atoms with E-state index in [9.17, 15) is 4.79 Å². The number of hydrogen-bond donors (Lipinski definition) is 0. The van der Waals surface area contributed by atoms with Gasteiger partial charge in [0.05, 0.1) is 5.56 Å². The van der Waals surface area contributed by atoms with E-state index in [-0.39, 0.29) is 5.91 Å². The summed E-state index contributed by atoms with van der Waals surface area (Å²) in [5.41, 5.74) is 0.873. The number of carbonyl (C=O) groups excluding carboxylic acids is 1. The Hall–Kier alpha value is -1.23. The lowest BCUT2D eigenvalue weighted by molar-refractivity contribution is -0.123. The van der Waals surface area contributed by atoms with Crippen molar-refractivity contribution in [2.24, 2.45) is 0 Å². The molecule has 1 aromatic heterocycles. The highest BCUT2D eigenvalue weighted by molar-refractivity contribution is 7.98. The number of hydrogen-bond acceptors (Lipinski definition) is 4. The smallest absolute Gasteiger partial charge is 0.246 e. The molecule has 0 radical (unpaired) electrons. The molecule has 1 heterocycles. The van der Waals surface area contributed by atoms with Gasteiger partial charge < -0.3 is 9.42 Å². The number of nitrogens with zero attached hydrogens (tertiary/aromatic N) is 2. The van der Waals surface area contributed by atoms with Gasteiger partial charge in [-0.3, -0.25) is 4.79 Å². The van der Waals surface area contributed by atoms with Crippen molar-refractivity contribution in [3.05, 3.63) is 17.4 Å². The summed E-state index contributed by atoms with van der Waals surface area (Å²) in [6.45, 7) is 1.83. The van der Waals surface area contributed by atoms with Crippen molar-refractivity contribution < 1.29 is 9.32 Å². The van der Waals surface area contributed by atoms with Gasteiger partial charge in [-0.25, -0.2) is 0 Å². The van der Waals surface area contributed by atoms with Crippen LogP contribution in [0.5, 0.6) is 0 Å². The van der Waals surface area contributed by atoms with E-state index in [1.807, 2.05) is 13.2 Å². The number of likely N-dealkylation sites (N-methyl/N-ethyl adjacent to an activating group) is 1. The molecule has 0 bridgehead atoms. The number of aryl methyl sites for hydroxylation is 1. The fraction of sp³-hybridized carbons (Fsp3) is 0.400. The molecule has 0 fully saturated rings. The Labute approximate surface area is 93.3 Å². The van der Waals surface area contributed by atoms with E-state index in [4.69, 9.17) is 4.52 Å². The lowest BCUT2D eigenvalue weighted by Crippen LogP contribution is -2.18. The minimum atomic E-state index is -0.0531. The van der Waals surface area contributed by atoms with Crippen molar-refractivity contribution in [2.75, 3.05) is 20.4 Å². The second-order valence-corrected chi connectivity index (χ2v) is 4.02. The molecule has 0 unspecified atom stereocenters. The van der Waals surface area contributed by atoms with Crippen LogP contribution in [-0.2, 0) is 4.79 Å². The van der Waals surface area contributed by atoms with Crippen molar-refractivity contribution >= 4 is 23.7 Å². The summed E-state index contributed by atoms with van der Waals surface area (Å²) in [5.74, 6) is 0.671. The van der Waals surface area contributed by atoms with Crippen LogP contribution in [0.2, 0.25) is 0 Å². The van der Waals surface area contributed by atoms with Crippen molar-refractivity contribution in [3.8, 4) is 0 Å². The molecular weight excluding hydrogens is 212 g/mol. The second kappa shape index (κ2) is 5.02. The Morgan fingerprint density at radius 3 is 2.73 bits per heavy atom. The molecule has 5 heteroatoms. The van der Waals surface area contributed by atoms with E-state index >= 15 is 0 Å². The standard InChI is InChI=1S/C10H14N2O2S/c1-7-8(10(15-4)11-14-7)5-6-9(13)12(2)3/h5-6H,1-4H3. The van der Waals surface area contributed by atoms with Gasteiger partial charge in [-0.15, -0.1) is 11.8 Å². The van der Waals surface area contributed by atoms with Gasteiger partial charge in [0.25, 0.3) is 0 Å². The third-order valence-corrected chi connectivity index (χ3v) is 2.58. The van der Waals surface area contributed by atoms with E-state index < -0.39 is 0 Å². The fourth-order valence-corrected chi connectivity index (χ4v) is 1.54. The van der Waals surface area contributed by atoms with Crippen LogP contribution in [0.15, 0.2) is 15.6 Å². The molecule has 0 saturated carbocycles. The molecule has 82 valence electrons. The van der Waals surface area contributed by atoms with Crippen LogP contribution in [0, 0.1) is 6.92 Å². The first-order chi connectivity index (χ1) is 7.06. The lowest BCUT2D eigenvalue weighted by Gasteiger charge is -2.04. The monoisotopic (exact) mass is 226 g/mol. The fourth-order valence-electron chi connectivity index (χ4n) is 0.998. The minimum Gasteiger partial charge on any atom is -0.360 e.